The van der Waals surface area contributed by atoms with E-state index in [4.69, 9.17) is 4.74 Å². The van der Waals surface area contributed by atoms with Gasteiger partial charge >= 0.3 is 17.1 Å². The number of rotatable bonds is 7. The fraction of sp³-hybridized carbons (Fsp3) is 0.667. The number of aromatic amines is 1. The SMILES string of the molecule is CCOC(=O)C(CSc1nc(=O)c(=O)[nH]n1C)NC1CC1. The van der Waals surface area contributed by atoms with E-state index in [-0.39, 0.29) is 5.97 Å². The average molecular weight is 314 g/mol. The van der Waals surface area contributed by atoms with E-state index in [2.05, 4.69) is 15.4 Å². The quantitative estimate of drug-likeness (QED) is 0.387. The lowest BCUT2D eigenvalue weighted by Gasteiger charge is -2.16. The molecule has 1 atom stereocenters. The van der Waals surface area contributed by atoms with Crippen molar-refractivity contribution in [2.75, 3.05) is 12.4 Å². The molecule has 2 rings (SSSR count). The maximum absolute atomic E-state index is 11.9. The highest BCUT2D eigenvalue weighted by Gasteiger charge is 2.29. The van der Waals surface area contributed by atoms with E-state index in [0.717, 1.165) is 12.8 Å². The molecule has 0 aliphatic heterocycles. The molecule has 1 aliphatic rings. The zero-order valence-electron chi connectivity index (χ0n) is 11.9. The first-order valence-electron chi connectivity index (χ1n) is 6.74. The molecule has 1 saturated carbocycles. The van der Waals surface area contributed by atoms with Crippen LogP contribution in [0, 0.1) is 0 Å². The highest BCUT2D eigenvalue weighted by Crippen LogP contribution is 2.21. The Morgan fingerprint density at radius 2 is 2.29 bits per heavy atom. The summed E-state index contributed by atoms with van der Waals surface area (Å²) in [5, 5.41) is 5.93. The molecule has 0 aromatic carbocycles. The molecule has 1 aromatic heterocycles. The molecule has 21 heavy (non-hydrogen) atoms. The van der Waals surface area contributed by atoms with E-state index in [1.165, 1.54) is 16.4 Å². The summed E-state index contributed by atoms with van der Waals surface area (Å²) < 4.78 is 6.40. The number of hydrogen-bond donors (Lipinski definition) is 2. The van der Waals surface area contributed by atoms with Crippen LogP contribution in [0.4, 0.5) is 0 Å². The largest absolute Gasteiger partial charge is 0.465 e. The number of ether oxygens (including phenoxy) is 1. The van der Waals surface area contributed by atoms with Gasteiger partial charge in [-0.25, -0.2) is 0 Å². The first kappa shape index (κ1) is 15.8. The molecule has 1 aliphatic carbocycles. The number of H-pyrrole nitrogens is 1. The molecule has 1 aromatic rings. The van der Waals surface area contributed by atoms with Crippen molar-refractivity contribution in [1.29, 1.82) is 0 Å². The highest BCUT2D eigenvalue weighted by molar-refractivity contribution is 7.99. The van der Waals surface area contributed by atoms with Crippen LogP contribution in [0.25, 0.3) is 0 Å². The van der Waals surface area contributed by atoms with Gasteiger partial charge in [-0.1, -0.05) is 11.8 Å². The summed E-state index contributed by atoms with van der Waals surface area (Å²) >= 11 is 1.22. The van der Waals surface area contributed by atoms with Crippen molar-refractivity contribution in [2.24, 2.45) is 7.05 Å². The fourth-order valence-electron chi connectivity index (χ4n) is 1.71. The summed E-state index contributed by atoms with van der Waals surface area (Å²) in [5.41, 5.74) is -1.60. The number of nitrogens with one attached hydrogen (secondary N) is 2. The third kappa shape index (κ3) is 4.43. The molecule has 1 heterocycles. The first-order chi connectivity index (χ1) is 10.0. The van der Waals surface area contributed by atoms with Gasteiger partial charge in [0.1, 0.15) is 6.04 Å². The monoisotopic (exact) mass is 314 g/mol. The van der Waals surface area contributed by atoms with E-state index in [1.54, 1.807) is 14.0 Å². The number of carbonyl (C=O) groups excluding carboxylic acids is 1. The van der Waals surface area contributed by atoms with Crippen LogP contribution in [0.5, 0.6) is 0 Å². The van der Waals surface area contributed by atoms with Crippen molar-refractivity contribution in [3.8, 4) is 0 Å². The van der Waals surface area contributed by atoms with Gasteiger partial charge in [-0.2, -0.15) is 4.98 Å². The van der Waals surface area contributed by atoms with Crippen molar-refractivity contribution in [1.82, 2.24) is 20.1 Å². The average Bonchev–Trinajstić information content (AvgIpc) is 3.24. The summed E-state index contributed by atoms with van der Waals surface area (Å²) in [6.07, 6.45) is 2.10. The molecule has 0 spiro atoms. The van der Waals surface area contributed by atoms with E-state index in [9.17, 15) is 14.4 Å². The minimum Gasteiger partial charge on any atom is -0.465 e. The lowest BCUT2D eigenvalue weighted by atomic mass is 10.3. The van der Waals surface area contributed by atoms with Crippen LogP contribution in [0.15, 0.2) is 14.7 Å². The molecule has 8 nitrogen and oxygen atoms in total. The molecule has 1 unspecified atom stereocenters. The third-order valence-electron chi connectivity index (χ3n) is 2.91. The second kappa shape index (κ2) is 6.90. The normalized spacial score (nSPS) is 15.7. The van der Waals surface area contributed by atoms with Crippen molar-refractivity contribution in [3.63, 3.8) is 0 Å². The zero-order chi connectivity index (χ0) is 15.4. The van der Waals surface area contributed by atoms with Crippen LogP contribution < -0.4 is 16.4 Å². The number of hydrogen-bond acceptors (Lipinski definition) is 7. The molecule has 0 radical (unpaired) electrons. The molecule has 116 valence electrons. The Kier molecular flexibility index (Phi) is 5.18. The smallest absolute Gasteiger partial charge is 0.339 e. The summed E-state index contributed by atoms with van der Waals surface area (Å²) in [5.74, 6) is 0.0631. The van der Waals surface area contributed by atoms with Gasteiger partial charge in [0.15, 0.2) is 5.16 Å². The summed E-state index contributed by atoms with van der Waals surface area (Å²) in [7, 11) is 1.59. The molecule has 0 amide bonds. The Balaban J connectivity index is 2.03. The van der Waals surface area contributed by atoms with Gasteiger partial charge in [0.2, 0.25) is 0 Å². The van der Waals surface area contributed by atoms with Crippen LogP contribution in [0.1, 0.15) is 19.8 Å². The molecule has 2 N–H and O–H groups in total. The van der Waals surface area contributed by atoms with Gasteiger partial charge in [0.05, 0.1) is 6.61 Å². The zero-order valence-corrected chi connectivity index (χ0v) is 12.7. The van der Waals surface area contributed by atoms with Crippen LogP contribution >= 0.6 is 11.8 Å². The number of esters is 1. The lowest BCUT2D eigenvalue weighted by Crippen LogP contribution is -2.41. The Morgan fingerprint density at radius 1 is 1.57 bits per heavy atom. The molecule has 0 bridgehead atoms. The van der Waals surface area contributed by atoms with Crippen molar-refractivity contribution >= 4 is 17.7 Å². The van der Waals surface area contributed by atoms with Gasteiger partial charge < -0.3 is 10.1 Å². The molecular weight excluding hydrogens is 296 g/mol. The van der Waals surface area contributed by atoms with E-state index in [0.29, 0.717) is 23.6 Å². The second-order valence-electron chi connectivity index (χ2n) is 4.76. The Hall–Kier alpha value is -1.61. The Bertz CT molecular complexity index is 622. The maximum atomic E-state index is 11.9. The Labute approximate surface area is 125 Å². The first-order valence-corrected chi connectivity index (χ1v) is 7.72. The van der Waals surface area contributed by atoms with Gasteiger partial charge in [-0.15, -0.1) is 0 Å². The number of thioether (sulfide) groups is 1. The lowest BCUT2D eigenvalue weighted by molar-refractivity contribution is -0.145. The minimum atomic E-state index is -0.835. The molecule has 0 saturated heterocycles. The maximum Gasteiger partial charge on any atom is 0.339 e. The van der Waals surface area contributed by atoms with E-state index in [1.807, 2.05) is 0 Å². The van der Waals surface area contributed by atoms with Crippen LogP contribution in [-0.2, 0) is 16.6 Å². The second-order valence-corrected chi connectivity index (χ2v) is 5.74. The van der Waals surface area contributed by atoms with Gasteiger partial charge in [-0.3, -0.25) is 24.2 Å². The van der Waals surface area contributed by atoms with Crippen LogP contribution in [-0.4, -0.2) is 45.2 Å². The predicted octanol–water partition coefficient (Wildman–Crippen LogP) is -0.756. The van der Waals surface area contributed by atoms with E-state index >= 15 is 0 Å². The van der Waals surface area contributed by atoms with Crippen molar-refractivity contribution in [3.05, 3.63) is 20.7 Å². The molecule has 9 heteroatoms. The fourth-order valence-corrected chi connectivity index (χ4v) is 2.64. The summed E-state index contributed by atoms with van der Waals surface area (Å²) in [4.78, 5) is 38.0. The van der Waals surface area contributed by atoms with Crippen LogP contribution in [0.3, 0.4) is 0 Å². The van der Waals surface area contributed by atoms with Crippen LogP contribution in [0.2, 0.25) is 0 Å². The van der Waals surface area contributed by atoms with Gasteiger partial charge in [-0.05, 0) is 19.8 Å². The number of aryl methyl sites for hydroxylation is 1. The number of aromatic nitrogens is 3. The Morgan fingerprint density at radius 3 is 2.90 bits per heavy atom. The van der Waals surface area contributed by atoms with E-state index < -0.39 is 17.2 Å². The van der Waals surface area contributed by atoms with Gasteiger partial charge in [0.25, 0.3) is 0 Å². The molecule has 1 fully saturated rings. The predicted molar refractivity (Wildman–Crippen MR) is 77.4 cm³/mol. The topological polar surface area (TPSA) is 106 Å². The minimum absolute atomic E-state index is 0.314. The molecular formula is C12H18N4O4S. The van der Waals surface area contributed by atoms with Crippen molar-refractivity contribution in [2.45, 2.75) is 37.0 Å². The summed E-state index contributed by atoms with van der Waals surface area (Å²) in [6.45, 7) is 2.08. The number of nitrogens with zero attached hydrogens (tertiary/aromatic N) is 2. The standard InChI is InChI=1S/C12H18N4O4S/c1-3-20-11(19)8(13-7-4-5-7)6-21-12-14-9(17)10(18)15-16(12)2/h7-8,13H,3-6H2,1-2H3,(H,15,18). The highest BCUT2D eigenvalue weighted by atomic mass is 32.2. The third-order valence-corrected chi connectivity index (χ3v) is 4.04. The number of carbonyl (C=O) groups is 1. The summed E-state index contributed by atoms with van der Waals surface area (Å²) in [6, 6.07) is -0.0985. The van der Waals surface area contributed by atoms with Gasteiger partial charge in [0, 0.05) is 18.8 Å². The van der Waals surface area contributed by atoms with Crippen molar-refractivity contribution < 1.29 is 9.53 Å².